The molecule has 1 aromatic carbocycles. The first-order valence-electron chi connectivity index (χ1n) is 4.18. The van der Waals surface area contributed by atoms with Crippen LogP contribution in [0.25, 0.3) is 0 Å². The highest BCUT2D eigenvalue weighted by molar-refractivity contribution is 9.08. The molecule has 0 heterocycles. The van der Waals surface area contributed by atoms with Gasteiger partial charge >= 0.3 is 5.97 Å². The third kappa shape index (κ3) is 2.41. The van der Waals surface area contributed by atoms with Crippen LogP contribution in [0.5, 0.6) is 11.5 Å². The average Bonchev–Trinajstić information content (AvgIpc) is 2.26. The normalized spacial score (nSPS) is 9.80. The van der Waals surface area contributed by atoms with Crippen LogP contribution < -0.4 is 9.47 Å². The lowest BCUT2D eigenvalue weighted by molar-refractivity contribution is 0.0696. The number of methoxy groups -OCH3 is 2. The smallest absolute Gasteiger partial charge is 0.335 e. The molecule has 0 bridgehead atoms. The zero-order valence-corrected chi connectivity index (χ0v) is 10.00. The second-order valence-electron chi connectivity index (χ2n) is 2.80. The maximum Gasteiger partial charge on any atom is 0.335 e. The number of aromatic carboxylic acids is 1. The van der Waals surface area contributed by atoms with Crippen LogP contribution in [0.1, 0.15) is 15.9 Å². The van der Waals surface area contributed by atoms with Gasteiger partial charge in [-0.2, -0.15) is 0 Å². The highest BCUT2D eigenvalue weighted by atomic mass is 79.9. The molecule has 0 aromatic heterocycles. The van der Waals surface area contributed by atoms with E-state index in [0.717, 1.165) is 5.56 Å². The summed E-state index contributed by atoms with van der Waals surface area (Å²) in [6, 6.07) is 2.95. The van der Waals surface area contributed by atoms with Crippen LogP contribution in [0.2, 0.25) is 0 Å². The number of rotatable bonds is 4. The third-order valence-corrected chi connectivity index (χ3v) is 2.55. The lowest BCUT2D eigenvalue weighted by atomic mass is 10.1. The number of ether oxygens (including phenoxy) is 2. The minimum absolute atomic E-state index is 0.147. The minimum atomic E-state index is -1.01. The molecule has 0 amide bonds. The van der Waals surface area contributed by atoms with Gasteiger partial charge in [0.2, 0.25) is 0 Å². The van der Waals surface area contributed by atoms with Gasteiger partial charge in [0.05, 0.1) is 19.8 Å². The van der Waals surface area contributed by atoms with E-state index in [9.17, 15) is 4.79 Å². The third-order valence-electron chi connectivity index (χ3n) is 1.99. The van der Waals surface area contributed by atoms with E-state index in [4.69, 9.17) is 14.6 Å². The van der Waals surface area contributed by atoms with Gasteiger partial charge in [-0.05, 0) is 12.1 Å². The zero-order chi connectivity index (χ0) is 11.4. The number of hydrogen-bond donors (Lipinski definition) is 1. The van der Waals surface area contributed by atoms with Gasteiger partial charge in [0.25, 0.3) is 0 Å². The molecule has 0 fully saturated rings. The van der Waals surface area contributed by atoms with Crippen molar-refractivity contribution < 1.29 is 19.4 Å². The molecule has 82 valence electrons. The van der Waals surface area contributed by atoms with Gasteiger partial charge in [-0.15, -0.1) is 0 Å². The molecule has 0 spiro atoms. The minimum Gasteiger partial charge on any atom is -0.496 e. The molecule has 1 N–H and O–H groups in total. The number of benzene rings is 1. The van der Waals surface area contributed by atoms with E-state index in [1.54, 1.807) is 0 Å². The van der Waals surface area contributed by atoms with Crippen molar-refractivity contribution in [3.63, 3.8) is 0 Å². The molecule has 0 aliphatic heterocycles. The van der Waals surface area contributed by atoms with Crippen LogP contribution in [0, 0.1) is 0 Å². The van der Waals surface area contributed by atoms with Gasteiger partial charge < -0.3 is 14.6 Å². The fraction of sp³-hybridized carbons (Fsp3) is 0.300. The summed E-state index contributed by atoms with van der Waals surface area (Å²) in [6.07, 6.45) is 0. The zero-order valence-electron chi connectivity index (χ0n) is 8.41. The number of carbonyl (C=O) groups is 1. The summed E-state index contributed by atoms with van der Waals surface area (Å²) in [5.41, 5.74) is 0.943. The molecule has 0 aliphatic carbocycles. The molecule has 0 saturated heterocycles. The number of alkyl halides is 1. The molecule has 0 unspecified atom stereocenters. The summed E-state index contributed by atoms with van der Waals surface area (Å²) >= 11 is 3.29. The van der Waals surface area contributed by atoms with E-state index in [-0.39, 0.29) is 5.56 Å². The maximum absolute atomic E-state index is 10.8. The Morgan fingerprint density at radius 2 is 1.80 bits per heavy atom. The van der Waals surface area contributed by atoms with E-state index in [2.05, 4.69) is 15.9 Å². The van der Waals surface area contributed by atoms with Crippen LogP contribution in [-0.2, 0) is 5.33 Å². The average molecular weight is 275 g/mol. The summed E-state index contributed by atoms with van der Waals surface area (Å²) in [5.74, 6) is -0.0000255. The van der Waals surface area contributed by atoms with Crippen LogP contribution in [-0.4, -0.2) is 25.3 Å². The fourth-order valence-corrected chi connectivity index (χ4v) is 1.79. The molecular weight excluding hydrogens is 264 g/mol. The van der Waals surface area contributed by atoms with E-state index in [1.807, 2.05) is 0 Å². The topological polar surface area (TPSA) is 55.8 Å². The molecule has 0 saturated carbocycles. The molecule has 15 heavy (non-hydrogen) atoms. The first-order chi connectivity index (χ1) is 7.13. The van der Waals surface area contributed by atoms with E-state index in [1.165, 1.54) is 26.4 Å². The Bertz CT molecular complexity index is 351. The van der Waals surface area contributed by atoms with Gasteiger partial charge in [0.15, 0.2) is 0 Å². The molecule has 5 heteroatoms. The highest BCUT2D eigenvalue weighted by Crippen LogP contribution is 2.32. The molecule has 4 nitrogen and oxygen atoms in total. The number of carboxylic acid groups (broad SMARTS) is 1. The second-order valence-corrected chi connectivity index (χ2v) is 3.36. The second kappa shape index (κ2) is 5.02. The van der Waals surface area contributed by atoms with Crippen molar-refractivity contribution in [2.45, 2.75) is 5.33 Å². The Hall–Kier alpha value is -1.23. The van der Waals surface area contributed by atoms with Gasteiger partial charge in [-0.1, -0.05) is 15.9 Å². The van der Waals surface area contributed by atoms with E-state index < -0.39 is 5.97 Å². The van der Waals surface area contributed by atoms with Crippen LogP contribution in [0.15, 0.2) is 12.1 Å². The molecule has 1 aromatic rings. The molecule has 1 rings (SSSR count). The predicted molar refractivity (Wildman–Crippen MR) is 59.1 cm³/mol. The largest absolute Gasteiger partial charge is 0.496 e. The summed E-state index contributed by atoms with van der Waals surface area (Å²) in [6.45, 7) is 0. The van der Waals surface area contributed by atoms with Gasteiger partial charge in [0.1, 0.15) is 11.5 Å². The Morgan fingerprint density at radius 3 is 2.07 bits per heavy atom. The van der Waals surface area contributed by atoms with Crippen molar-refractivity contribution >= 4 is 21.9 Å². The maximum atomic E-state index is 10.8. The summed E-state index contributed by atoms with van der Waals surface area (Å²) < 4.78 is 10.2. The lowest BCUT2D eigenvalue weighted by Gasteiger charge is -2.12. The van der Waals surface area contributed by atoms with Crippen molar-refractivity contribution in [2.24, 2.45) is 0 Å². The first kappa shape index (κ1) is 11.8. The highest BCUT2D eigenvalue weighted by Gasteiger charge is 2.14. The first-order valence-corrected chi connectivity index (χ1v) is 5.30. The van der Waals surface area contributed by atoms with E-state index >= 15 is 0 Å². The number of hydrogen-bond acceptors (Lipinski definition) is 3. The standard InChI is InChI=1S/C10H11BrO4/c1-14-8-3-6(10(12)13)4-9(15-2)7(8)5-11/h3-4H,5H2,1-2H3,(H,12,13). The Labute approximate surface area is 95.9 Å². The summed E-state index contributed by atoms with van der Waals surface area (Å²) in [4.78, 5) is 10.8. The molecule has 0 aliphatic rings. The van der Waals surface area contributed by atoms with Crippen molar-refractivity contribution in [2.75, 3.05) is 14.2 Å². The Kier molecular flexibility index (Phi) is 3.96. The Balaban J connectivity index is 3.35. The molecular formula is C10H11BrO4. The monoisotopic (exact) mass is 274 g/mol. The molecule has 0 radical (unpaired) electrons. The van der Waals surface area contributed by atoms with Gasteiger partial charge in [0, 0.05) is 10.9 Å². The van der Waals surface area contributed by atoms with E-state index in [0.29, 0.717) is 16.8 Å². The predicted octanol–water partition coefficient (Wildman–Crippen LogP) is 2.30. The van der Waals surface area contributed by atoms with Crippen LogP contribution in [0.4, 0.5) is 0 Å². The van der Waals surface area contributed by atoms with Crippen molar-refractivity contribution in [3.05, 3.63) is 23.3 Å². The van der Waals surface area contributed by atoms with Gasteiger partial charge in [-0.3, -0.25) is 0 Å². The van der Waals surface area contributed by atoms with Crippen LogP contribution in [0.3, 0.4) is 0 Å². The van der Waals surface area contributed by atoms with Crippen molar-refractivity contribution in [1.29, 1.82) is 0 Å². The van der Waals surface area contributed by atoms with Gasteiger partial charge in [-0.25, -0.2) is 4.79 Å². The van der Waals surface area contributed by atoms with Crippen molar-refractivity contribution in [3.8, 4) is 11.5 Å². The SMILES string of the molecule is COc1cc(C(=O)O)cc(OC)c1CBr. The lowest BCUT2D eigenvalue weighted by Crippen LogP contribution is -2.01. The molecule has 0 atom stereocenters. The summed E-state index contributed by atoms with van der Waals surface area (Å²) in [7, 11) is 2.99. The Morgan fingerprint density at radius 1 is 1.33 bits per heavy atom. The fourth-order valence-electron chi connectivity index (χ4n) is 1.24. The van der Waals surface area contributed by atoms with Crippen molar-refractivity contribution in [1.82, 2.24) is 0 Å². The summed E-state index contributed by atoms with van der Waals surface area (Å²) in [5, 5.41) is 9.41. The number of carboxylic acids is 1. The quantitative estimate of drug-likeness (QED) is 0.856. The van der Waals surface area contributed by atoms with Crippen LogP contribution >= 0.6 is 15.9 Å². The number of halogens is 1.